The van der Waals surface area contributed by atoms with Crippen LogP contribution in [0.25, 0.3) is 0 Å². The summed E-state index contributed by atoms with van der Waals surface area (Å²) in [5, 5.41) is 3.36. The van der Waals surface area contributed by atoms with Gasteiger partial charge in [-0.3, -0.25) is 4.98 Å². The average molecular weight is 323 g/mol. The Hall–Kier alpha value is -1.26. The van der Waals surface area contributed by atoms with Crippen LogP contribution in [-0.4, -0.2) is 11.5 Å². The summed E-state index contributed by atoms with van der Waals surface area (Å²) in [6.45, 7) is 4.87. The highest BCUT2D eigenvalue weighted by Gasteiger charge is 2.14. The Labute approximate surface area is 121 Å². The molecule has 100 valence electrons. The normalized spacial score (nSPS) is 12.4. The summed E-state index contributed by atoms with van der Waals surface area (Å²) in [6, 6.07) is 7.64. The quantitative estimate of drug-likeness (QED) is 0.920. The molecule has 0 aliphatic carbocycles. The van der Waals surface area contributed by atoms with Crippen LogP contribution in [0, 0.1) is 12.7 Å². The smallest absolute Gasteiger partial charge is 0.141 e. The second-order valence-corrected chi connectivity index (χ2v) is 5.29. The molecule has 19 heavy (non-hydrogen) atoms. The second kappa shape index (κ2) is 6.26. The van der Waals surface area contributed by atoms with Crippen LogP contribution in [0.2, 0.25) is 0 Å². The zero-order chi connectivity index (χ0) is 13.8. The molecule has 0 bridgehead atoms. The molecule has 4 heteroatoms. The van der Waals surface area contributed by atoms with Crippen molar-refractivity contribution in [2.24, 2.45) is 0 Å². The summed E-state index contributed by atoms with van der Waals surface area (Å²) in [7, 11) is 0. The highest BCUT2D eigenvalue weighted by atomic mass is 79.9. The van der Waals surface area contributed by atoms with Crippen molar-refractivity contribution < 1.29 is 4.39 Å². The van der Waals surface area contributed by atoms with Crippen molar-refractivity contribution in [1.82, 2.24) is 10.3 Å². The predicted molar refractivity (Wildman–Crippen MR) is 78.6 cm³/mol. The largest absolute Gasteiger partial charge is 0.306 e. The number of halogens is 2. The number of pyridine rings is 1. The van der Waals surface area contributed by atoms with Crippen LogP contribution in [0.5, 0.6) is 0 Å². The maximum atomic E-state index is 13.3. The minimum atomic E-state index is -0.313. The van der Waals surface area contributed by atoms with Gasteiger partial charge in [0, 0.05) is 10.7 Å². The van der Waals surface area contributed by atoms with Crippen LogP contribution in [0.3, 0.4) is 0 Å². The summed E-state index contributed by atoms with van der Waals surface area (Å²) < 4.78 is 14.4. The SMILES string of the molecule is CCNC(c1cncc(F)c1)c1ccc(C)c(Br)c1. The Kier molecular flexibility index (Phi) is 4.66. The number of aromatic nitrogens is 1. The number of hydrogen-bond donors (Lipinski definition) is 1. The van der Waals surface area contributed by atoms with Gasteiger partial charge in [-0.05, 0) is 42.3 Å². The average Bonchev–Trinajstić information content (AvgIpc) is 2.39. The van der Waals surface area contributed by atoms with Gasteiger partial charge in [-0.25, -0.2) is 4.39 Å². The standard InChI is InChI=1S/C15H16BrFN2/c1-3-19-15(12-6-13(17)9-18-8-12)11-5-4-10(2)14(16)7-11/h4-9,15,19H,3H2,1-2H3. The van der Waals surface area contributed by atoms with E-state index in [0.717, 1.165) is 22.1 Å². The molecule has 0 saturated carbocycles. The molecule has 0 saturated heterocycles. The van der Waals surface area contributed by atoms with Crippen LogP contribution in [-0.2, 0) is 0 Å². The monoisotopic (exact) mass is 322 g/mol. The van der Waals surface area contributed by atoms with E-state index in [9.17, 15) is 4.39 Å². The molecular formula is C15H16BrFN2. The molecule has 2 aromatic rings. The molecule has 0 aliphatic rings. The van der Waals surface area contributed by atoms with Crippen molar-refractivity contribution in [1.29, 1.82) is 0 Å². The number of benzene rings is 1. The molecule has 1 unspecified atom stereocenters. The fourth-order valence-electron chi connectivity index (χ4n) is 2.01. The van der Waals surface area contributed by atoms with E-state index in [4.69, 9.17) is 0 Å². The maximum Gasteiger partial charge on any atom is 0.141 e. The summed E-state index contributed by atoms with van der Waals surface area (Å²) in [5.74, 6) is -0.313. The Morgan fingerprint density at radius 3 is 2.68 bits per heavy atom. The number of nitrogens with one attached hydrogen (secondary N) is 1. The van der Waals surface area contributed by atoms with Gasteiger partial charge in [0.2, 0.25) is 0 Å². The fraction of sp³-hybridized carbons (Fsp3) is 0.267. The van der Waals surface area contributed by atoms with Gasteiger partial charge in [0.15, 0.2) is 0 Å². The molecule has 0 spiro atoms. The Morgan fingerprint density at radius 2 is 2.05 bits per heavy atom. The third kappa shape index (κ3) is 3.39. The summed E-state index contributed by atoms with van der Waals surface area (Å²) in [5.41, 5.74) is 3.10. The van der Waals surface area contributed by atoms with Crippen molar-refractivity contribution in [3.8, 4) is 0 Å². The minimum absolute atomic E-state index is 0.0508. The van der Waals surface area contributed by atoms with E-state index in [0.29, 0.717) is 0 Å². The summed E-state index contributed by atoms with van der Waals surface area (Å²) in [4.78, 5) is 3.93. The Bertz CT molecular complexity index is 572. The van der Waals surface area contributed by atoms with Gasteiger partial charge >= 0.3 is 0 Å². The molecule has 1 aromatic heterocycles. The van der Waals surface area contributed by atoms with E-state index < -0.39 is 0 Å². The second-order valence-electron chi connectivity index (χ2n) is 4.44. The Morgan fingerprint density at radius 1 is 1.26 bits per heavy atom. The Balaban J connectivity index is 2.42. The van der Waals surface area contributed by atoms with Gasteiger partial charge in [-0.2, -0.15) is 0 Å². The van der Waals surface area contributed by atoms with Gasteiger partial charge in [0.05, 0.1) is 12.2 Å². The van der Waals surface area contributed by atoms with Crippen molar-refractivity contribution in [2.75, 3.05) is 6.54 Å². The molecule has 1 atom stereocenters. The lowest BCUT2D eigenvalue weighted by molar-refractivity contribution is 0.596. The highest BCUT2D eigenvalue weighted by Crippen LogP contribution is 2.26. The minimum Gasteiger partial charge on any atom is -0.306 e. The number of hydrogen-bond acceptors (Lipinski definition) is 2. The van der Waals surface area contributed by atoms with Crippen molar-refractivity contribution >= 4 is 15.9 Å². The van der Waals surface area contributed by atoms with Crippen LogP contribution < -0.4 is 5.32 Å². The molecule has 0 aliphatic heterocycles. The van der Waals surface area contributed by atoms with E-state index >= 15 is 0 Å². The molecule has 2 rings (SSSR count). The zero-order valence-electron chi connectivity index (χ0n) is 11.0. The summed E-state index contributed by atoms with van der Waals surface area (Å²) >= 11 is 3.54. The van der Waals surface area contributed by atoms with Crippen LogP contribution in [0.15, 0.2) is 41.1 Å². The van der Waals surface area contributed by atoms with Gasteiger partial charge in [0.25, 0.3) is 0 Å². The third-order valence-electron chi connectivity index (χ3n) is 3.00. The van der Waals surface area contributed by atoms with E-state index in [2.05, 4.69) is 44.4 Å². The fourth-order valence-corrected chi connectivity index (χ4v) is 2.40. The molecule has 0 fully saturated rings. The van der Waals surface area contributed by atoms with Crippen molar-refractivity contribution in [3.63, 3.8) is 0 Å². The third-order valence-corrected chi connectivity index (χ3v) is 3.85. The van der Waals surface area contributed by atoms with Crippen molar-refractivity contribution in [3.05, 3.63) is 63.6 Å². The molecule has 1 heterocycles. The lowest BCUT2D eigenvalue weighted by Crippen LogP contribution is -2.22. The molecule has 2 nitrogen and oxygen atoms in total. The number of aryl methyl sites for hydroxylation is 1. The lowest BCUT2D eigenvalue weighted by Gasteiger charge is -2.19. The van der Waals surface area contributed by atoms with Crippen molar-refractivity contribution in [2.45, 2.75) is 19.9 Å². The van der Waals surface area contributed by atoms with E-state index in [1.807, 2.05) is 13.8 Å². The van der Waals surface area contributed by atoms with Crippen LogP contribution in [0.4, 0.5) is 4.39 Å². The zero-order valence-corrected chi connectivity index (χ0v) is 12.5. The van der Waals surface area contributed by atoms with Crippen LogP contribution in [0.1, 0.15) is 29.7 Å². The van der Waals surface area contributed by atoms with E-state index in [1.54, 1.807) is 6.20 Å². The first-order valence-electron chi connectivity index (χ1n) is 6.21. The highest BCUT2D eigenvalue weighted by molar-refractivity contribution is 9.10. The first-order valence-corrected chi connectivity index (χ1v) is 7.01. The van der Waals surface area contributed by atoms with Gasteiger partial charge < -0.3 is 5.32 Å². The summed E-state index contributed by atoms with van der Waals surface area (Å²) in [6.07, 6.45) is 2.92. The maximum absolute atomic E-state index is 13.3. The molecule has 0 amide bonds. The predicted octanol–water partition coefficient (Wildman–Crippen LogP) is 3.99. The van der Waals surface area contributed by atoms with E-state index in [-0.39, 0.29) is 11.9 Å². The van der Waals surface area contributed by atoms with E-state index in [1.165, 1.54) is 17.8 Å². The molecular weight excluding hydrogens is 307 g/mol. The van der Waals surface area contributed by atoms with Crippen LogP contribution >= 0.6 is 15.9 Å². The molecule has 1 aromatic carbocycles. The first kappa shape index (κ1) is 14.2. The number of nitrogens with zero attached hydrogens (tertiary/aromatic N) is 1. The molecule has 1 N–H and O–H groups in total. The van der Waals surface area contributed by atoms with Gasteiger partial charge in [-0.15, -0.1) is 0 Å². The lowest BCUT2D eigenvalue weighted by atomic mass is 9.99. The topological polar surface area (TPSA) is 24.9 Å². The first-order chi connectivity index (χ1) is 9.11. The van der Waals surface area contributed by atoms with Gasteiger partial charge in [0.1, 0.15) is 5.82 Å². The van der Waals surface area contributed by atoms with Gasteiger partial charge in [-0.1, -0.05) is 35.0 Å². The molecule has 0 radical (unpaired) electrons. The number of rotatable bonds is 4.